The van der Waals surface area contributed by atoms with Crippen LogP contribution >= 0.6 is 22.9 Å². The lowest BCUT2D eigenvalue weighted by molar-refractivity contribution is -0.120. The first-order valence-electron chi connectivity index (χ1n) is 6.50. The van der Waals surface area contributed by atoms with Gasteiger partial charge in [-0.2, -0.15) is 18.2 Å². The van der Waals surface area contributed by atoms with Crippen LogP contribution in [0.5, 0.6) is 0 Å². The summed E-state index contributed by atoms with van der Waals surface area (Å²) in [4.78, 5) is 11.0. The monoisotopic (exact) mass is 337 g/mol. The van der Waals surface area contributed by atoms with E-state index in [1.165, 1.54) is 16.2 Å². The predicted octanol–water partition coefficient (Wildman–Crippen LogP) is 4.68. The molecule has 116 valence electrons. The highest BCUT2D eigenvalue weighted by atomic mass is 35.5. The van der Waals surface area contributed by atoms with Gasteiger partial charge in [0.2, 0.25) is 5.28 Å². The summed E-state index contributed by atoms with van der Waals surface area (Å²) in [6.07, 6.45) is -3.52. The van der Waals surface area contributed by atoms with Crippen molar-refractivity contribution in [3.63, 3.8) is 0 Å². The van der Waals surface area contributed by atoms with Gasteiger partial charge < -0.3 is 4.90 Å². The third-order valence-electron chi connectivity index (χ3n) is 2.99. The number of rotatable bonds is 4. The van der Waals surface area contributed by atoms with Gasteiger partial charge in [0.1, 0.15) is 17.2 Å². The molecule has 2 heterocycles. The minimum absolute atomic E-state index is 0.0326. The Morgan fingerprint density at radius 2 is 2.00 bits per heavy atom. The Bertz CT molecular complexity index is 639. The van der Waals surface area contributed by atoms with Crippen LogP contribution in [0.1, 0.15) is 25.6 Å². The molecule has 0 bridgehead atoms. The minimum atomic E-state index is -4.31. The molecule has 0 saturated carbocycles. The van der Waals surface area contributed by atoms with E-state index >= 15 is 0 Å². The summed E-state index contributed by atoms with van der Waals surface area (Å²) in [5, 5.41) is 0.592. The molecular formula is C13H15ClF3N3S. The van der Waals surface area contributed by atoms with Crippen LogP contribution in [-0.4, -0.2) is 28.7 Å². The SMILES string of the molecule is CCc1cc2c(N(CC(F)(F)F)C(C)C)nc(Cl)nc2s1. The van der Waals surface area contributed by atoms with Crippen molar-refractivity contribution in [2.75, 3.05) is 11.4 Å². The second kappa shape index (κ2) is 5.96. The normalized spacial score (nSPS) is 12.4. The number of aromatic nitrogens is 2. The van der Waals surface area contributed by atoms with E-state index in [0.29, 0.717) is 10.2 Å². The zero-order valence-electron chi connectivity index (χ0n) is 11.8. The first-order chi connectivity index (χ1) is 9.71. The molecule has 0 atom stereocenters. The second-order valence-corrected chi connectivity index (χ2v) is 6.39. The van der Waals surface area contributed by atoms with Gasteiger partial charge in [0.05, 0.1) is 5.39 Å². The lowest BCUT2D eigenvalue weighted by Gasteiger charge is -2.29. The Labute approximate surface area is 129 Å². The van der Waals surface area contributed by atoms with Gasteiger partial charge in [-0.05, 0) is 37.9 Å². The summed E-state index contributed by atoms with van der Waals surface area (Å²) in [6, 6.07) is 1.49. The number of thiophene rings is 1. The maximum Gasteiger partial charge on any atom is 0.405 e. The van der Waals surface area contributed by atoms with E-state index in [1.54, 1.807) is 13.8 Å². The number of alkyl halides is 3. The fourth-order valence-electron chi connectivity index (χ4n) is 2.02. The van der Waals surface area contributed by atoms with Gasteiger partial charge in [0, 0.05) is 10.9 Å². The zero-order valence-corrected chi connectivity index (χ0v) is 13.4. The van der Waals surface area contributed by atoms with Crippen molar-refractivity contribution in [3.8, 4) is 0 Å². The average Bonchev–Trinajstić information content (AvgIpc) is 2.76. The first kappa shape index (κ1) is 16.3. The Hall–Kier alpha value is -1.08. The van der Waals surface area contributed by atoms with Crippen molar-refractivity contribution < 1.29 is 13.2 Å². The fourth-order valence-corrected chi connectivity index (χ4v) is 3.20. The lowest BCUT2D eigenvalue weighted by Crippen LogP contribution is -2.39. The van der Waals surface area contributed by atoms with Crippen LogP contribution in [0, 0.1) is 0 Å². The largest absolute Gasteiger partial charge is 0.405 e. The van der Waals surface area contributed by atoms with Crippen molar-refractivity contribution in [2.24, 2.45) is 0 Å². The molecule has 2 aromatic heterocycles. The van der Waals surface area contributed by atoms with E-state index in [0.717, 1.165) is 11.3 Å². The quantitative estimate of drug-likeness (QED) is 0.758. The summed E-state index contributed by atoms with van der Waals surface area (Å²) in [7, 11) is 0. The smallest absolute Gasteiger partial charge is 0.344 e. The number of anilines is 1. The molecule has 0 aliphatic heterocycles. The Kier molecular flexibility index (Phi) is 4.63. The maximum atomic E-state index is 12.8. The Morgan fingerprint density at radius 1 is 1.33 bits per heavy atom. The van der Waals surface area contributed by atoms with Gasteiger partial charge >= 0.3 is 6.18 Å². The zero-order chi connectivity index (χ0) is 15.8. The molecule has 0 fully saturated rings. The molecular weight excluding hydrogens is 323 g/mol. The fraction of sp³-hybridized carbons (Fsp3) is 0.538. The van der Waals surface area contributed by atoms with E-state index < -0.39 is 12.7 Å². The summed E-state index contributed by atoms with van der Waals surface area (Å²) in [5.74, 6) is 0.244. The maximum absolute atomic E-state index is 12.8. The van der Waals surface area contributed by atoms with Crippen molar-refractivity contribution in [2.45, 2.75) is 39.4 Å². The molecule has 0 amide bonds. The molecule has 0 spiro atoms. The molecule has 0 aliphatic carbocycles. The van der Waals surface area contributed by atoms with E-state index in [-0.39, 0.29) is 17.1 Å². The molecule has 0 unspecified atom stereocenters. The molecule has 21 heavy (non-hydrogen) atoms. The van der Waals surface area contributed by atoms with Gasteiger partial charge in [0.25, 0.3) is 0 Å². The molecule has 8 heteroatoms. The third-order valence-corrected chi connectivity index (χ3v) is 4.33. The Balaban J connectivity index is 2.58. The van der Waals surface area contributed by atoms with Gasteiger partial charge in [-0.15, -0.1) is 11.3 Å². The number of aryl methyl sites for hydroxylation is 1. The highest BCUT2D eigenvalue weighted by molar-refractivity contribution is 7.18. The van der Waals surface area contributed by atoms with Crippen LogP contribution in [-0.2, 0) is 6.42 Å². The second-order valence-electron chi connectivity index (χ2n) is 4.94. The van der Waals surface area contributed by atoms with Gasteiger partial charge in [-0.1, -0.05) is 6.92 Å². The summed E-state index contributed by atoms with van der Waals surface area (Å²) >= 11 is 7.30. The van der Waals surface area contributed by atoms with E-state index in [2.05, 4.69) is 9.97 Å². The van der Waals surface area contributed by atoms with Gasteiger partial charge in [0.15, 0.2) is 0 Å². The van der Waals surface area contributed by atoms with E-state index in [1.807, 2.05) is 13.0 Å². The summed E-state index contributed by atoms with van der Waals surface area (Å²) in [5.41, 5.74) is 0. The van der Waals surface area contributed by atoms with Crippen molar-refractivity contribution in [1.82, 2.24) is 9.97 Å². The Morgan fingerprint density at radius 3 is 2.52 bits per heavy atom. The number of nitrogens with zero attached hydrogens (tertiary/aromatic N) is 3. The van der Waals surface area contributed by atoms with Gasteiger partial charge in [-0.25, -0.2) is 4.98 Å². The van der Waals surface area contributed by atoms with Crippen LogP contribution in [0.3, 0.4) is 0 Å². The molecule has 0 aliphatic rings. The summed E-state index contributed by atoms with van der Waals surface area (Å²) in [6.45, 7) is 4.31. The molecule has 0 aromatic carbocycles. The van der Waals surface area contributed by atoms with Crippen molar-refractivity contribution in [3.05, 3.63) is 16.2 Å². The number of fused-ring (bicyclic) bond motifs is 1. The predicted molar refractivity (Wildman–Crippen MR) is 80.3 cm³/mol. The molecule has 3 nitrogen and oxygen atoms in total. The van der Waals surface area contributed by atoms with Crippen LogP contribution in [0.2, 0.25) is 5.28 Å². The number of hydrogen-bond acceptors (Lipinski definition) is 4. The van der Waals surface area contributed by atoms with Crippen LogP contribution < -0.4 is 4.90 Å². The average molecular weight is 338 g/mol. The minimum Gasteiger partial charge on any atom is -0.344 e. The van der Waals surface area contributed by atoms with Crippen molar-refractivity contribution >= 4 is 39.0 Å². The topological polar surface area (TPSA) is 29.0 Å². The molecule has 2 aromatic rings. The number of halogens is 4. The van der Waals surface area contributed by atoms with Crippen LogP contribution in [0.25, 0.3) is 10.2 Å². The molecule has 0 N–H and O–H groups in total. The van der Waals surface area contributed by atoms with Crippen LogP contribution in [0.15, 0.2) is 6.07 Å². The third kappa shape index (κ3) is 3.77. The first-order valence-corrected chi connectivity index (χ1v) is 7.70. The highest BCUT2D eigenvalue weighted by Crippen LogP contribution is 2.34. The van der Waals surface area contributed by atoms with Gasteiger partial charge in [-0.3, -0.25) is 0 Å². The van der Waals surface area contributed by atoms with Crippen molar-refractivity contribution in [1.29, 1.82) is 0 Å². The highest BCUT2D eigenvalue weighted by Gasteiger charge is 2.33. The number of hydrogen-bond donors (Lipinski definition) is 0. The standard InChI is InChI=1S/C13H15ClF3N3S/c1-4-8-5-9-10(18-12(14)19-11(9)21-8)20(7(2)3)6-13(15,16)17/h5,7H,4,6H2,1-3H3. The van der Waals surface area contributed by atoms with E-state index in [4.69, 9.17) is 11.6 Å². The van der Waals surface area contributed by atoms with E-state index in [9.17, 15) is 13.2 Å². The summed E-state index contributed by atoms with van der Waals surface area (Å²) < 4.78 is 38.4. The molecule has 0 radical (unpaired) electrons. The lowest BCUT2D eigenvalue weighted by atomic mass is 10.2. The molecule has 0 saturated heterocycles. The van der Waals surface area contributed by atoms with Crippen LogP contribution in [0.4, 0.5) is 19.0 Å². The molecule has 2 rings (SSSR count).